The van der Waals surface area contributed by atoms with E-state index in [1.165, 1.54) is 9.75 Å². The maximum atomic E-state index is 6.10. The van der Waals surface area contributed by atoms with Gasteiger partial charge in [0.15, 0.2) is 0 Å². The van der Waals surface area contributed by atoms with E-state index in [2.05, 4.69) is 67.1 Å². The maximum absolute atomic E-state index is 6.10. The summed E-state index contributed by atoms with van der Waals surface area (Å²) in [5.41, 5.74) is 1.09. The first kappa shape index (κ1) is 22.0. The summed E-state index contributed by atoms with van der Waals surface area (Å²) in [5.74, 6) is 1.82. The van der Waals surface area contributed by atoms with E-state index in [1.807, 2.05) is 12.1 Å². The summed E-state index contributed by atoms with van der Waals surface area (Å²) in [5, 5.41) is 0. The first-order valence-electron chi connectivity index (χ1n) is 9.01. The zero-order valence-corrected chi connectivity index (χ0v) is 22.5. The molecule has 2 rings (SSSR count). The van der Waals surface area contributed by atoms with E-state index < -0.39 is 26.5 Å². The van der Waals surface area contributed by atoms with Crippen molar-refractivity contribution in [3.05, 3.63) is 28.9 Å². The SMILES string of the molecule is COc1ccc(-c2nc(Br)[c]([Sn]([CH3])([CH3])[CH3])n2COCC[Si](C)(C)C)cc1. The van der Waals surface area contributed by atoms with Crippen LogP contribution in [0.25, 0.3) is 11.4 Å². The van der Waals surface area contributed by atoms with Gasteiger partial charge in [-0.3, -0.25) is 0 Å². The molecule has 0 unspecified atom stereocenters. The van der Waals surface area contributed by atoms with Gasteiger partial charge in [-0.15, -0.1) is 0 Å². The fourth-order valence-corrected chi connectivity index (χ4v) is 12.6. The van der Waals surface area contributed by atoms with E-state index in [0.29, 0.717) is 6.73 Å². The first-order chi connectivity index (χ1) is 12.0. The van der Waals surface area contributed by atoms with Crippen LogP contribution >= 0.6 is 15.9 Å². The third-order valence-electron chi connectivity index (χ3n) is 4.20. The molecule has 0 N–H and O–H groups in total. The molecule has 1 aromatic heterocycles. The van der Waals surface area contributed by atoms with Crippen molar-refractivity contribution in [2.24, 2.45) is 0 Å². The molecule has 0 saturated carbocycles. The number of benzene rings is 1. The molecule has 0 aliphatic rings. The molecule has 0 spiro atoms. The molecule has 0 saturated heterocycles. The van der Waals surface area contributed by atoms with E-state index in [9.17, 15) is 0 Å². The average Bonchev–Trinajstić information content (AvgIpc) is 2.87. The topological polar surface area (TPSA) is 36.3 Å². The number of hydrogen-bond donors (Lipinski definition) is 0. The fraction of sp³-hybridized carbons (Fsp3) is 0.526. The standard InChI is InChI=1S/C16H22BrN2O2Si.3CH3.Sn/c1-20-14-7-5-13(6-8-14)16-18-15(17)11-19(16)12-21-9-10-22(2,3)4;;;;/h5-8H,9-10,12H2,1-4H3;3*1H3;. The van der Waals surface area contributed by atoms with E-state index in [-0.39, 0.29) is 0 Å². The molecule has 0 radical (unpaired) electrons. The molecule has 0 aliphatic heterocycles. The Bertz CT molecular complexity index is 734. The molecule has 4 nitrogen and oxygen atoms in total. The number of nitrogens with zero attached hydrogens (tertiary/aromatic N) is 2. The Morgan fingerprint density at radius 2 is 1.73 bits per heavy atom. The summed E-state index contributed by atoms with van der Waals surface area (Å²) in [6.07, 6.45) is 0. The molecule has 0 atom stereocenters. The second-order valence-electron chi connectivity index (χ2n) is 8.83. The van der Waals surface area contributed by atoms with Crippen molar-refractivity contribution in [2.45, 2.75) is 47.2 Å². The monoisotopic (exact) mass is 546 g/mol. The molecule has 144 valence electrons. The molecule has 26 heavy (non-hydrogen) atoms. The zero-order valence-electron chi connectivity index (χ0n) is 17.0. The van der Waals surface area contributed by atoms with Gasteiger partial charge in [-0.2, -0.15) is 0 Å². The van der Waals surface area contributed by atoms with Crippen LogP contribution < -0.4 is 8.45 Å². The van der Waals surface area contributed by atoms with Crippen LogP contribution in [0.1, 0.15) is 0 Å². The van der Waals surface area contributed by atoms with Crippen molar-refractivity contribution in [1.29, 1.82) is 0 Å². The van der Waals surface area contributed by atoms with Gasteiger partial charge in [0.05, 0.1) is 0 Å². The van der Waals surface area contributed by atoms with Crippen molar-refractivity contribution in [3.63, 3.8) is 0 Å². The molecule has 1 heterocycles. The third-order valence-corrected chi connectivity index (χ3v) is 13.0. The number of imidazole rings is 1. The quantitative estimate of drug-likeness (QED) is 0.339. The summed E-state index contributed by atoms with van der Waals surface area (Å²) >= 11 is 1.33. The van der Waals surface area contributed by atoms with Crippen molar-refractivity contribution < 1.29 is 9.47 Å². The van der Waals surface area contributed by atoms with Gasteiger partial charge in [-0.25, -0.2) is 0 Å². The van der Waals surface area contributed by atoms with Gasteiger partial charge in [-0.1, -0.05) is 0 Å². The zero-order chi connectivity index (χ0) is 19.5. The molecule has 0 fully saturated rings. The molecular weight excluding hydrogens is 515 g/mol. The van der Waals surface area contributed by atoms with Crippen molar-refractivity contribution in [1.82, 2.24) is 9.55 Å². The summed E-state index contributed by atoms with van der Waals surface area (Å²) in [6.45, 7) is 8.51. The van der Waals surface area contributed by atoms with Crippen molar-refractivity contribution in [3.8, 4) is 17.1 Å². The summed E-state index contributed by atoms with van der Waals surface area (Å²) in [7, 11) is 0.597. The predicted molar refractivity (Wildman–Crippen MR) is 119 cm³/mol. The van der Waals surface area contributed by atoms with Crippen LogP contribution in [0.3, 0.4) is 0 Å². The van der Waals surface area contributed by atoms with E-state index >= 15 is 0 Å². The number of ether oxygens (including phenoxy) is 2. The van der Waals surface area contributed by atoms with Crippen LogP contribution in [0.15, 0.2) is 28.9 Å². The minimum atomic E-state index is -2.38. The number of halogens is 1. The Balaban J connectivity index is 2.35. The summed E-state index contributed by atoms with van der Waals surface area (Å²) < 4.78 is 16.0. The van der Waals surface area contributed by atoms with Gasteiger partial charge in [-0.05, 0) is 0 Å². The summed E-state index contributed by atoms with van der Waals surface area (Å²) in [6, 6.07) is 9.26. The summed E-state index contributed by atoms with van der Waals surface area (Å²) in [4.78, 5) is 12.1. The van der Waals surface area contributed by atoms with Crippen LogP contribution in [-0.4, -0.2) is 49.7 Å². The van der Waals surface area contributed by atoms with Gasteiger partial charge < -0.3 is 0 Å². The van der Waals surface area contributed by atoms with Crippen LogP contribution in [0.4, 0.5) is 0 Å². The third kappa shape index (κ3) is 5.84. The van der Waals surface area contributed by atoms with Crippen LogP contribution in [-0.2, 0) is 11.5 Å². The van der Waals surface area contributed by atoms with Crippen LogP contribution in [0.2, 0.25) is 40.5 Å². The van der Waals surface area contributed by atoms with Crippen molar-refractivity contribution in [2.75, 3.05) is 13.7 Å². The minimum absolute atomic E-state index is 0.563. The number of rotatable bonds is 8. The second-order valence-corrected chi connectivity index (χ2v) is 29.4. The molecule has 0 amide bonds. The molecule has 0 aliphatic carbocycles. The Morgan fingerprint density at radius 3 is 2.23 bits per heavy atom. The van der Waals surface area contributed by atoms with Crippen LogP contribution in [0, 0.1) is 0 Å². The first-order valence-corrected chi connectivity index (χ1v) is 23.5. The van der Waals surface area contributed by atoms with Gasteiger partial charge in [0.1, 0.15) is 0 Å². The Labute approximate surface area is 171 Å². The van der Waals surface area contributed by atoms with Gasteiger partial charge in [0.25, 0.3) is 0 Å². The van der Waals surface area contributed by atoms with Gasteiger partial charge in [0.2, 0.25) is 0 Å². The van der Waals surface area contributed by atoms with E-state index in [1.54, 1.807) is 7.11 Å². The Kier molecular flexibility index (Phi) is 7.43. The fourth-order valence-electron chi connectivity index (χ4n) is 2.76. The number of aromatic nitrogens is 2. The molecule has 0 bridgehead atoms. The van der Waals surface area contributed by atoms with Crippen LogP contribution in [0.5, 0.6) is 5.75 Å². The number of methoxy groups -OCH3 is 1. The second kappa shape index (κ2) is 8.79. The number of hydrogen-bond acceptors (Lipinski definition) is 3. The van der Waals surface area contributed by atoms with E-state index in [4.69, 9.17) is 14.5 Å². The predicted octanol–water partition coefficient (Wildman–Crippen LogP) is 5.18. The molecule has 1 aromatic carbocycles. The Hall–Kier alpha value is -0.314. The molecule has 7 heteroatoms. The molecule has 2 aromatic rings. The molecular formula is C19H31BrN2O2SiSn. The van der Waals surface area contributed by atoms with Gasteiger partial charge in [0, 0.05) is 0 Å². The van der Waals surface area contributed by atoms with Gasteiger partial charge >= 0.3 is 172 Å². The van der Waals surface area contributed by atoms with Crippen molar-refractivity contribution >= 4 is 46.1 Å². The normalized spacial score (nSPS) is 12.5. The Morgan fingerprint density at radius 1 is 1.12 bits per heavy atom. The average molecular weight is 546 g/mol. The van der Waals surface area contributed by atoms with E-state index in [0.717, 1.165) is 28.3 Å².